The van der Waals surface area contributed by atoms with Crippen molar-refractivity contribution >= 4 is 22.9 Å². The normalized spacial score (nSPS) is 11.6. The predicted octanol–water partition coefficient (Wildman–Crippen LogP) is 6.62. The van der Waals surface area contributed by atoms with E-state index in [1.165, 1.54) is 0 Å². The van der Waals surface area contributed by atoms with Crippen molar-refractivity contribution in [3.8, 4) is 16.9 Å². The van der Waals surface area contributed by atoms with Gasteiger partial charge in [-0.1, -0.05) is 37.9 Å². The minimum absolute atomic E-state index is 0.288. The SMILES string of the molecule is C=C(C)C(=O)OCCCCc1cc(CCCCOC(O)C(=C)C)c2oc(=O)c(-c3ccc(OC(=O)C(=C)C)cc3)cc2c1. The number of esters is 2. The van der Waals surface area contributed by atoms with Gasteiger partial charge in [0.2, 0.25) is 0 Å². The number of aliphatic hydroxyl groups excluding tert-OH is 1. The third-order valence-electron chi connectivity index (χ3n) is 6.67. The van der Waals surface area contributed by atoms with E-state index in [4.69, 9.17) is 18.6 Å². The maximum Gasteiger partial charge on any atom is 0.344 e. The van der Waals surface area contributed by atoms with E-state index in [1.54, 1.807) is 45.0 Å². The Morgan fingerprint density at radius 3 is 2.16 bits per heavy atom. The van der Waals surface area contributed by atoms with Gasteiger partial charge in [0.25, 0.3) is 0 Å². The van der Waals surface area contributed by atoms with E-state index in [2.05, 4.69) is 25.8 Å². The quantitative estimate of drug-likeness (QED) is 0.0378. The minimum Gasteiger partial charge on any atom is -0.462 e. The smallest absolute Gasteiger partial charge is 0.344 e. The molecule has 1 unspecified atom stereocenters. The molecule has 0 bridgehead atoms. The zero-order valence-electron chi connectivity index (χ0n) is 25.2. The van der Waals surface area contributed by atoms with Gasteiger partial charge in [0.1, 0.15) is 11.3 Å². The summed E-state index contributed by atoms with van der Waals surface area (Å²) in [6.07, 6.45) is 3.38. The fourth-order valence-corrected chi connectivity index (χ4v) is 4.28. The number of aryl methyl sites for hydroxylation is 2. The van der Waals surface area contributed by atoms with E-state index in [1.807, 2.05) is 12.1 Å². The Kier molecular flexibility index (Phi) is 12.2. The third kappa shape index (κ3) is 9.91. The number of hydrogen-bond donors (Lipinski definition) is 1. The number of ether oxygens (including phenoxy) is 3. The monoisotopic (exact) mass is 588 g/mol. The average molecular weight is 589 g/mol. The lowest BCUT2D eigenvalue weighted by Crippen LogP contribution is -2.13. The summed E-state index contributed by atoms with van der Waals surface area (Å²) in [6, 6.07) is 12.5. The summed E-state index contributed by atoms with van der Waals surface area (Å²) in [5.41, 5.74) is 4.27. The second-order valence-corrected chi connectivity index (χ2v) is 10.7. The van der Waals surface area contributed by atoms with Crippen LogP contribution in [0, 0.1) is 0 Å². The number of unbranched alkanes of at least 4 members (excludes halogenated alkanes) is 2. The van der Waals surface area contributed by atoms with Crippen LogP contribution in [0.5, 0.6) is 5.75 Å². The van der Waals surface area contributed by atoms with Crippen LogP contribution in [0.4, 0.5) is 0 Å². The summed E-state index contributed by atoms with van der Waals surface area (Å²) in [5.74, 6) is -0.567. The second-order valence-electron chi connectivity index (χ2n) is 10.7. The highest BCUT2D eigenvalue weighted by Gasteiger charge is 2.14. The molecule has 1 atom stereocenters. The first kappa shape index (κ1) is 33.2. The molecule has 0 aliphatic heterocycles. The Hall–Kier alpha value is -4.27. The molecule has 8 nitrogen and oxygen atoms in total. The van der Waals surface area contributed by atoms with Crippen LogP contribution in [-0.4, -0.2) is 36.5 Å². The molecule has 0 radical (unpaired) electrons. The van der Waals surface area contributed by atoms with Gasteiger partial charge in [-0.15, -0.1) is 0 Å². The number of carbonyl (C=O) groups excluding carboxylic acids is 2. The van der Waals surface area contributed by atoms with Crippen molar-refractivity contribution in [2.24, 2.45) is 0 Å². The van der Waals surface area contributed by atoms with Crippen LogP contribution in [0.3, 0.4) is 0 Å². The first-order valence-corrected chi connectivity index (χ1v) is 14.3. The van der Waals surface area contributed by atoms with Gasteiger partial charge in [-0.25, -0.2) is 14.4 Å². The first-order valence-electron chi connectivity index (χ1n) is 14.3. The first-order chi connectivity index (χ1) is 20.5. The van der Waals surface area contributed by atoms with Crippen molar-refractivity contribution < 1.29 is 33.3 Å². The van der Waals surface area contributed by atoms with E-state index in [-0.39, 0.29) is 5.57 Å². The van der Waals surface area contributed by atoms with E-state index >= 15 is 0 Å². The van der Waals surface area contributed by atoms with Crippen molar-refractivity contribution in [2.75, 3.05) is 13.2 Å². The molecular weight excluding hydrogens is 548 g/mol. The second kappa shape index (κ2) is 15.8. The molecule has 0 spiro atoms. The molecular formula is C35H40O8. The molecule has 228 valence electrons. The van der Waals surface area contributed by atoms with Crippen LogP contribution in [-0.2, 0) is 31.9 Å². The van der Waals surface area contributed by atoms with Crippen molar-refractivity contribution in [2.45, 2.75) is 65.6 Å². The Balaban J connectivity index is 1.83. The maximum atomic E-state index is 13.1. The number of fused-ring (bicyclic) bond motifs is 1. The molecule has 0 amide bonds. The van der Waals surface area contributed by atoms with E-state index in [9.17, 15) is 19.5 Å². The van der Waals surface area contributed by atoms with Gasteiger partial charge in [0, 0.05) is 16.5 Å². The summed E-state index contributed by atoms with van der Waals surface area (Å²) in [7, 11) is 0. The van der Waals surface area contributed by atoms with Crippen LogP contribution in [0.15, 0.2) is 88.1 Å². The molecule has 8 heteroatoms. The topological polar surface area (TPSA) is 112 Å². The van der Waals surface area contributed by atoms with Crippen molar-refractivity contribution in [3.05, 3.63) is 100 Å². The summed E-state index contributed by atoms with van der Waals surface area (Å²) < 4.78 is 21.7. The Bertz CT molecular complexity index is 1540. The summed E-state index contributed by atoms with van der Waals surface area (Å²) >= 11 is 0. The number of aliphatic hydroxyl groups is 1. The zero-order valence-corrected chi connectivity index (χ0v) is 25.2. The third-order valence-corrected chi connectivity index (χ3v) is 6.67. The lowest BCUT2D eigenvalue weighted by atomic mass is 9.97. The van der Waals surface area contributed by atoms with Gasteiger partial charge in [-0.2, -0.15) is 0 Å². The maximum absolute atomic E-state index is 13.1. The Labute approximate surface area is 252 Å². The molecule has 43 heavy (non-hydrogen) atoms. The highest BCUT2D eigenvalue weighted by molar-refractivity contribution is 5.89. The summed E-state index contributed by atoms with van der Waals surface area (Å²) in [6.45, 7) is 16.5. The van der Waals surface area contributed by atoms with E-state index < -0.39 is 23.9 Å². The van der Waals surface area contributed by atoms with E-state index in [0.717, 1.165) is 35.8 Å². The Morgan fingerprint density at radius 2 is 1.51 bits per heavy atom. The molecule has 1 aromatic heterocycles. The number of hydrogen-bond acceptors (Lipinski definition) is 8. The van der Waals surface area contributed by atoms with Gasteiger partial charge < -0.3 is 23.7 Å². The van der Waals surface area contributed by atoms with Gasteiger partial charge in [-0.05, 0) is 106 Å². The largest absolute Gasteiger partial charge is 0.462 e. The fourth-order valence-electron chi connectivity index (χ4n) is 4.28. The predicted molar refractivity (Wildman–Crippen MR) is 167 cm³/mol. The standard InChI is InChI=1S/C35H40O8/c1-22(2)32(36)40-17-9-7-11-25-19-27(12-8-10-18-41-33(37)23(3)4)31-28(20-25)21-30(35(39)43-31)26-13-15-29(16-14-26)42-34(38)24(5)6/h13-16,19-21,33,37H,1,3,5,7-12,17-18H2,2,4,6H3. The lowest BCUT2D eigenvalue weighted by molar-refractivity contribution is -0.139. The molecule has 3 aromatic rings. The fraction of sp³-hybridized carbons (Fsp3) is 0.343. The molecule has 0 fully saturated rings. The van der Waals surface area contributed by atoms with Gasteiger partial charge in [0.15, 0.2) is 6.29 Å². The van der Waals surface area contributed by atoms with Crippen molar-refractivity contribution in [1.82, 2.24) is 0 Å². The minimum atomic E-state index is -0.984. The van der Waals surface area contributed by atoms with Crippen molar-refractivity contribution in [1.29, 1.82) is 0 Å². The van der Waals surface area contributed by atoms with Crippen molar-refractivity contribution in [3.63, 3.8) is 0 Å². The molecule has 0 aliphatic rings. The van der Waals surface area contributed by atoms with Crippen LogP contribution < -0.4 is 10.4 Å². The van der Waals surface area contributed by atoms with Crippen LogP contribution in [0.2, 0.25) is 0 Å². The average Bonchev–Trinajstić information content (AvgIpc) is 2.96. The van der Waals surface area contributed by atoms with Crippen LogP contribution in [0.25, 0.3) is 22.1 Å². The number of benzene rings is 2. The zero-order chi connectivity index (χ0) is 31.5. The van der Waals surface area contributed by atoms with Crippen LogP contribution in [0.1, 0.15) is 57.6 Å². The van der Waals surface area contributed by atoms with E-state index in [0.29, 0.717) is 66.1 Å². The summed E-state index contributed by atoms with van der Waals surface area (Å²) in [4.78, 5) is 36.6. The lowest BCUT2D eigenvalue weighted by Gasteiger charge is -2.13. The Morgan fingerprint density at radius 1 is 0.860 bits per heavy atom. The molecule has 1 N–H and O–H groups in total. The molecule has 2 aromatic carbocycles. The number of rotatable bonds is 16. The molecule has 3 rings (SSSR count). The highest BCUT2D eigenvalue weighted by Crippen LogP contribution is 2.28. The molecule has 0 saturated heterocycles. The molecule has 0 saturated carbocycles. The number of carbonyl (C=O) groups is 2. The molecule has 1 heterocycles. The summed E-state index contributed by atoms with van der Waals surface area (Å²) in [5, 5.41) is 10.6. The highest BCUT2D eigenvalue weighted by atomic mass is 16.6. The van der Waals surface area contributed by atoms with Gasteiger partial charge >= 0.3 is 17.6 Å². The van der Waals surface area contributed by atoms with Gasteiger partial charge in [0.05, 0.1) is 18.8 Å². The van der Waals surface area contributed by atoms with Crippen LogP contribution >= 0.6 is 0 Å². The molecule has 0 aliphatic carbocycles. The van der Waals surface area contributed by atoms with Gasteiger partial charge in [-0.3, -0.25) is 0 Å².